The molecule has 8 heteroatoms. The molecule has 2 amide bonds. The minimum Gasteiger partial charge on any atom is -0.489 e. The van der Waals surface area contributed by atoms with Crippen molar-refractivity contribution in [3.63, 3.8) is 0 Å². The number of anilines is 1. The van der Waals surface area contributed by atoms with Crippen LogP contribution in [0.25, 0.3) is 6.08 Å². The average molecular weight is 491 g/mol. The summed E-state index contributed by atoms with van der Waals surface area (Å²) in [4.78, 5) is 29.9. The van der Waals surface area contributed by atoms with E-state index in [2.05, 4.69) is 10.8 Å². The van der Waals surface area contributed by atoms with Gasteiger partial charge in [-0.3, -0.25) is 9.59 Å². The predicted molar refractivity (Wildman–Crippen MR) is 133 cm³/mol. The Kier molecular flexibility index (Phi) is 8.80. The van der Waals surface area contributed by atoms with Gasteiger partial charge in [-0.15, -0.1) is 0 Å². The Balaban J connectivity index is 1.25. The van der Waals surface area contributed by atoms with Gasteiger partial charge in [-0.1, -0.05) is 30.3 Å². The molecule has 1 aliphatic rings. The Morgan fingerprint density at radius 3 is 2.64 bits per heavy atom. The zero-order valence-corrected chi connectivity index (χ0v) is 19.6. The number of amides is 2. The molecular weight excluding hydrogens is 463 g/mol. The minimum absolute atomic E-state index is 0.212. The highest BCUT2D eigenvalue weighted by Gasteiger charge is 2.16. The van der Waals surface area contributed by atoms with Gasteiger partial charge in [-0.05, 0) is 66.4 Å². The fourth-order valence-corrected chi connectivity index (χ4v) is 3.54. The summed E-state index contributed by atoms with van der Waals surface area (Å²) in [5, 5.41) is 2.78. The summed E-state index contributed by atoms with van der Waals surface area (Å²) in [6.45, 7) is 0.842. The summed E-state index contributed by atoms with van der Waals surface area (Å²) in [5.74, 6) is -0.452. The summed E-state index contributed by atoms with van der Waals surface area (Å²) in [5.41, 5.74) is 4.88. The van der Waals surface area contributed by atoms with Crippen molar-refractivity contribution in [2.24, 2.45) is 0 Å². The molecule has 0 bridgehead atoms. The topological polar surface area (TPSA) is 85.9 Å². The number of hydrogen-bond acceptors (Lipinski definition) is 5. The molecule has 0 saturated carbocycles. The zero-order chi connectivity index (χ0) is 25.2. The van der Waals surface area contributed by atoms with E-state index in [4.69, 9.17) is 14.3 Å². The summed E-state index contributed by atoms with van der Waals surface area (Å²) in [6, 6.07) is 19.9. The van der Waals surface area contributed by atoms with Gasteiger partial charge in [-0.2, -0.15) is 0 Å². The van der Waals surface area contributed by atoms with Gasteiger partial charge < -0.3 is 14.8 Å². The van der Waals surface area contributed by atoms with Crippen LogP contribution in [0.5, 0.6) is 5.75 Å². The van der Waals surface area contributed by atoms with Crippen molar-refractivity contribution in [3.8, 4) is 5.75 Å². The second-order valence-corrected chi connectivity index (χ2v) is 8.24. The summed E-state index contributed by atoms with van der Waals surface area (Å²) in [7, 11) is 0. The molecule has 186 valence electrons. The van der Waals surface area contributed by atoms with Crippen LogP contribution in [0.2, 0.25) is 0 Å². The lowest BCUT2D eigenvalue weighted by Crippen LogP contribution is -2.33. The first-order valence-electron chi connectivity index (χ1n) is 11.7. The Labute approximate surface area is 208 Å². The SMILES string of the molecule is O=C(/C=C/c1ccc(C(=O)NOC2CCCCO2)cc1)Nc1cccc(OCc2cccc(F)c2)c1. The largest absolute Gasteiger partial charge is 0.489 e. The highest BCUT2D eigenvalue weighted by atomic mass is 19.1. The van der Waals surface area contributed by atoms with Crippen molar-refractivity contribution >= 4 is 23.6 Å². The Bertz CT molecular complexity index is 1210. The maximum atomic E-state index is 13.3. The third kappa shape index (κ3) is 7.76. The molecule has 4 rings (SSSR count). The minimum atomic E-state index is -0.413. The van der Waals surface area contributed by atoms with Gasteiger partial charge in [-0.25, -0.2) is 14.7 Å². The Hall–Kier alpha value is -4.01. The monoisotopic (exact) mass is 490 g/mol. The van der Waals surface area contributed by atoms with Gasteiger partial charge in [0.15, 0.2) is 6.29 Å². The second-order valence-electron chi connectivity index (χ2n) is 8.24. The van der Waals surface area contributed by atoms with Crippen LogP contribution >= 0.6 is 0 Å². The van der Waals surface area contributed by atoms with Crippen LogP contribution in [0.3, 0.4) is 0 Å². The van der Waals surface area contributed by atoms with Gasteiger partial charge in [0, 0.05) is 36.4 Å². The van der Waals surface area contributed by atoms with Gasteiger partial charge in [0.25, 0.3) is 5.91 Å². The molecule has 3 aromatic carbocycles. The van der Waals surface area contributed by atoms with Crippen molar-refractivity contribution in [3.05, 3.63) is 101 Å². The number of nitrogens with one attached hydrogen (secondary N) is 2. The van der Waals surface area contributed by atoms with Crippen LogP contribution in [0.1, 0.15) is 40.7 Å². The zero-order valence-electron chi connectivity index (χ0n) is 19.6. The molecule has 1 heterocycles. The van der Waals surface area contributed by atoms with Crippen molar-refractivity contribution < 1.29 is 28.3 Å². The van der Waals surface area contributed by atoms with Crippen molar-refractivity contribution in [2.75, 3.05) is 11.9 Å². The normalized spacial score (nSPS) is 15.4. The fraction of sp³-hybridized carbons (Fsp3) is 0.214. The van der Waals surface area contributed by atoms with E-state index < -0.39 is 6.29 Å². The molecule has 7 nitrogen and oxygen atoms in total. The molecule has 2 N–H and O–H groups in total. The van der Waals surface area contributed by atoms with E-state index in [1.54, 1.807) is 66.7 Å². The molecule has 0 aliphatic carbocycles. The van der Waals surface area contributed by atoms with Crippen LogP contribution in [-0.4, -0.2) is 24.7 Å². The third-order valence-corrected chi connectivity index (χ3v) is 5.42. The van der Waals surface area contributed by atoms with Crippen LogP contribution in [0.4, 0.5) is 10.1 Å². The van der Waals surface area contributed by atoms with E-state index in [9.17, 15) is 14.0 Å². The van der Waals surface area contributed by atoms with Crippen LogP contribution in [-0.2, 0) is 21.0 Å². The number of carbonyl (C=O) groups is 2. The molecule has 1 aliphatic heterocycles. The van der Waals surface area contributed by atoms with E-state index in [0.717, 1.165) is 24.8 Å². The highest BCUT2D eigenvalue weighted by Crippen LogP contribution is 2.19. The van der Waals surface area contributed by atoms with E-state index in [1.807, 2.05) is 0 Å². The standard InChI is InChI=1S/C28H27FN2O5/c29-23-6-3-5-21(17-23)19-35-25-8-4-7-24(18-25)30-26(32)15-12-20-10-13-22(14-11-20)28(33)31-36-27-9-1-2-16-34-27/h3-8,10-15,17-18,27H,1-2,9,16,19H2,(H,30,32)(H,31,33)/b15-12+. The summed E-state index contributed by atoms with van der Waals surface area (Å²) >= 11 is 0. The van der Waals surface area contributed by atoms with Crippen LogP contribution in [0, 0.1) is 5.82 Å². The molecule has 36 heavy (non-hydrogen) atoms. The number of carbonyl (C=O) groups excluding carboxylic acids is 2. The lowest BCUT2D eigenvalue weighted by molar-refractivity contribution is -0.186. The number of ether oxygens (including phenoxy) is 2. The van der Waals surface area contributed by atoms with E-state index >= 15 is 0 Å². The first kappa shape index (κ1) is 25.1. The molecule has 0 radical (unpaired) electrons. The molecule has 1 atom stereocenters. The van der Waals surface area contributed by atoms with E-state index in [1.165, 1.54) is 18.2 Å². The number of hydrogen-bond donors (Lipinski definition) is 2. The summed E-state index contributed by atoms with van der Waals surface area (Å²) in [6.07, 6.45) is 5.39. The van der Waals surface area contributed by atoms with Gasteiger partial charge in [0.2, 0.25) is 5.91 Å². The van der Waals surface area contributed by atoms with Crippen LogP contribution < -0.4 is 15.5 Å². The average Bonchev–Trinajstić information content (AvgIpc) is 2.90. The quantitative estimate of drug-likeness (QED) is 0.316. The number of benzene rings is 3. The lowest BCUT2D eigenvalue weighted by Gasteiger charge is -2.22. The molecule has 0 aromatic heterocycles. The molecular formula is C28H27FN2O5. The highest BCUT2D eigenvalue weighted by molar-refractivity contribution is 6.02. The molecule has 1 unspecified atom stereocenters. The first-order chi connectivity index (χ1) is 17.5. The number of halogens is 1. The third-order valence-electron chi connectivity index (χ3n) is 5.42. The van der Waals surface area contributed by atoms with Crippen molar-refractivity contribution in [1.29, 1.82) is 0 Å². The lowest BCUT2D eigenvalue weighted by atomic mass is 10.1. The van der Waals surface area contributed by atoms with Gasteiger partial charge >= 0.3 is 0 Å². The second kappa shape index (κ2) is 12.6. The van der Waals surface area contributed by atoms with E-state index in [-0.39, 0.29) is 24.2 Å². The van der Waals surface area contributed by atoms with Crippen LogP contribution in [0.15, 0.2) is 78.9 Å². The number of hydroxylamine groups is 1. The predicted octanol–water partition coefficient (Wildman–Crippen LogP) is 5.24. The summed E-state index contributed by atoms with van der Waals surface area (Å²) < 4.78 is 24.4. The Morgan fingerprint density at radius 2 is 1.86 bits per heavy atom. The fourth-order valence-electron chi connectivity index (χ4n) is 3.54. The molecule has 0 spiro atoms. The molecule has 1 saturated heterocycles. The van der Waals surface area contributed by atoms with Crippen molar-refractivity contribution in [2.45, 2.75) is 32.2 Å². The smallest absolute Gasteiger partial charge is 0.274 e. The maximum Gasteiger partial charge on any atom is 0.274 e. The number of rotatable bonds is 9. The Morgan fingerprint density at radius 1 is 1.03 bits per heavy atom. The van der Waals surface area contributed by atoms with E-state index in [0.29, 0.717) is 29.2 Å². The maximum absolute atomic E-state index is 13.3. The molecule has 3 aromatic rings. The van der Waals surface area contributed by atoms with Gasteiger partial charge in [0.1, 0.15) is 18.2 Å². The van der Waals surface area contributed by atoms with Gasteiger partial charge in [0.05, 0.1) is 0 Å². The van der Waals surface area contributed by atoms with Crippen molar-refractivity contribution in [1.82, 2.24) is 5.48 Å². The first-order valence-corrected chi connectivity index (χ1v) is 11.7. The molecule has 1 fully saturated rings.